The number of hydrogen-bond acceptors (Lipinski definition) is 3. The quantitative estimate of drug-likeness (QED) is 0.832. The van der Waals surface area contributed by atoms with Crippen LogP contribution in [0.2, 0.25) is 0 Å². The molecule has 1 aromatic rings. The van der Waals surface area contributed by atoms with Crippen LogP contribution in [0.15, 0.2) is 18.2 Å². The number of nitrogens with zero attached hydrogens (tertiary/aromatic N) is 1. The summed E-state index contributed by atoms with van der Waals surface area (Å²) >= 11 is 0. The molecule has 19 heavy (non-hydrogen) atoms. The lowest BCUT2D eigenvalue weighted by Gasteiger charge is -2.21. The van der Waals surface area contributed by atoms with Gasteiger partial charge in [-0.25, -0.2) is 0 Å². The first-order chi connectivity index (χ1) is 9.15. The molecular weight excluding hydrogens is 244 g/mol. The highest BCUT2D eigenvalue weighted by atomic mass is 16.3. The average molecular weight is 262 g/mol. The summed E-state index contributed by atoms with van der Waals surface area (Å²) in [6.45, 7) is 2.88. The fourth-order valence-corrected chi connectivity index (χ4v) is 2.24. The number of nitrogens with one attached hydrogen (secondary N) is 1. The van der Waals surface area contributed by atoms with E-state index in [-0.39, 0.29) is 18.4 Å². The molecule has 1 aromatic carbocycles. The molecule has 0 fully saturated rings. The highest BCUT2D eigenvalue weighted by Crippen LogP contribution is 2.24. The van der Waals surface area contributed by atoms with Gasteiger partial charge in [-0.15, -0.1) is 0 Å². The summed E-state index contributed by atoms with van der Waals surface area (Å²) in [6.07, 6.45) is 1.21. The third kappa shape index (κ3) is 2.93. The Bertz CT molecular complexity index is 493. The summed E-state index contributed by atoms with van der Waals surface area (Å²) in [4.78, 5) is 25.2. The number of amides is 2. The standard InChI is InChI=1S/C14H18N2O3/c1-2-5-16(6-7-17)14(19)11-4-3-10-9-13(18)15-12(10)8-11/h3-4,8,17H,2,5-7,9H2,1H3,(H,15,18). The second-order valence-electron chi connectivity index (χ2n) is 4.61. The largest absolute Gasteiger partial charge is 0.395 e. The van der Waals surface area contributed by atoms with Crippen molar-refractivity contribution in [3.8, 4) is 0 Å². The molecule has 0 saturated carbocycles. The normalized spacial score (nSPS) is 13.1. The summed E-state index contributed by atoms with van der Waals surface area (Å²) in [5.74, 6) is -0.153. The molecule has 5 heteroatoms. The second-order valence-corrected chi connectivity index (χ2v) is 4.61. The molecule has 1 aliphatic heterocycles. The second kappa shape index (κ2) is 5.84. The van der Waals surface area contributed by atoms with Gasteiger partial charge in [-0.3, -0.25) is 9.59 Å². The van der Waals surface area contributed by atoms with Gasteiger partial charge in [0.05, 0.1) is 13.0 Å². The van der Waals surface area contributed by atoms with E-state index in [4.69, 9.17) is 5.11 Å². The molecule has 5 nitrogen and oxygen atoms in total. The molecule has 2 amide bonds. The first-order valence-corrected chi connectivity index (χ1v) is 6.48. The Hall–Kier alpha value is -1.88. The van der Waals surface area contributed by atoms with Crippen LogP contribution in [-0.4, -0.2) is 41.5 Å². The Morgan fingerprint density at radius 3 is 2.89 bits per heavy atom. The van der Waals surface area contributed by atoms with Crippen molar-refractivity contribution in [1.29, 1.82) is 0 Å². The van der Waals surface area contributed by atoms with Crippen molar-refractivity contribution >= 4 is 17.5 Å². The Kier molecular flexibility index (Phi) is 4.16. The Morgan fingerprint density at radius 2 is 2.21 bits per heavy atom. The average Bonchev–Trinajstić information content (AvgIpc) is 2.76. The van der Waals surface area contributed by atoms with Crippen molar-refractivity contribution in [1.82, 2.24) is 4.90 Å². The number of aliphatic hydroxyl groups excluding tert-OH is 1. The number of hydrogen-bond donors (Lipinski definition) is 2. The van der Waals surface area contributed by atoms with E-state index >= 15 is 0 Å². The lowest BCUT2D eigenvalue weighted by molar-refractivity contribution is -0.115. The van der Waals surface area contributed by atoms with Gasteiger partial charge in [0, 0.05) is 24.3 Å². The first kappa shape index (κ1) is 13.5. The predicted octanol–water partition coefficient (Wildman–Crippen LogP) is 1.03. The van der Waals surface area contributed by atoms with Crippen molar-refractivity contribution in [2.45, 2.75) is 19.8 Å². The summed E-state index contributed by atoms with van der Waals surface area (Å²) in [7, 11) is 0. The van der Waals surface area contributed by atoms with Gasteiger partial charge in [0.2, 0.25) is 5.91 Å². The summed E-state index contributed by atoms with van der Waals surface area (Å²) in [6, 6.07) is 5.26. The van der Waals surface area contributed by atoms with Gasteiger partial charge in [-0.2, -0.15) is 0 Å². The molecule has 1 aliphatic rings. The molecule has 0 saturated heterocycles. The lowest BCUT2D eigenvalue weighted by atomic mass is 10.1. The van der Waals surface area contributed by atoms with Crippen LogP contribution in [0, 0.1) is 0 Å². The molecule has 0 bridgehead atoms. The van der Waals surface area contributed by atoms with Gasteiger partial charge in [-0.1, -0.05) is 13.0 Å². The van der Waals surface area contributed by atoms with Crippen LogP contribution < -0.4 is 5.32 Å². The number of benzene rings is 1. The van der Waals surface area contributed by atoms with Gasteiger partial charge in [0.25, 0.3) is 5.91 Å². The third-order valence-corrected chi connectivity index (χ3v) is 3.13. The van der Waals surface area contributed by atoms with E-state index in [1.54, 1.807) is 17.0 Å². The van der Waals surface area contributed by atoms with Gasteiger partial charge >= 0.3 is 0 Å². The van der Waals surface area contributed by atoms with Crippen LogP contribution in [-0.2, 0) is 11.2 Å². The Balaban J connectivity index is 2.19. The van der Waals surface area contributed by atoms with Crippen LogP contribution in [0.25, 0.3) is 0 Å². The van der Waals surface area contributed by atoms with Gasteiger partial charge < -0.3 is 15.3 Å². The minimum Gasteiger partial charge on any atom is -0.395 e. The molecule has 0 unspecified atom stereocenters. The maximum atomic E-state index is 12.3. The minimum atomic E-state index is -0.111. The molecule has 0 atom stereocenters. The van der Waals surface area contributed by atoms with Crippen molar-refractivity contribution < 1.29 is 14.7 Å². The predicted molar refractivity (Wildman–Crippen MR) is 72.1 cm³/mol. The van der Waals surface area contributed by atoms with Crippen LogP contribution in [0.1, 0.15) is 29.3 Å². The molecule has 0 radical (unpaired) electrons. The van der Waals surface area contributed by atoms with Crippen LogP contribution in [0.3, 0.4) is 0 Å². The number of carbonyl (C=O) groups excluding carboxylic acids is 2. The highest BCUT2D eigenvalue weighted by Gasteiger charge is 2.21. The van der Waals surface area contributed by atoms with E-state index in [1.165, 1.54) is 0 Å². The van der Waals surface area contributed by atoms with Gasteiger partial charge in [0.15, 0.2) is 0 Å². The van der Waals surface area contributed by atoms with E-state index in [0.717, 1.165) is 17.7 Å². The van der Waals surface area contributed by atoms with Gasteiger partial charge in [0.1, 0.15) is 0 Å². The molecule has 102 valence electrons. The zero-order valence-electron chi connectivity index (χ0n) is 11.0. The zero-order chi connectivity index (χ0) is 13.8. The zero-order valence-corrected chi connectivity index (χ0v) is 11.0. The number of rotatable bonds is 5. The minimum absolute atomic E-state index is 0.0413. The molecular formula is C14H18N2O3. The van der Waals surface area contributed by atoms with E-state index in [1.807, 2.05) is 13.0 Å². The number of aliphatic hydroxyl groups is 1. The maximum Gasteiger partial charge on any atom is 0.254 e. The molecule has 1 heterocycles. The highest BCUT2D eigenvalue weighted by molar-refractivity contribution is 6.02. The fraction of sp³-hybridized carbons (Fsp3) is 0.429. The number of anilines is 1. The van der Waals surface area contributed by atoms with Crippen molar-refractivity contribution in [3.63, 3.8) is 0 Å². The van der Waals surface area contributed by atoms with Crippen molar-refractivity contribution in [3.05, 3.63) is 29.3 Å². The van der Waals surface area contributed by atoms with Crippen molar-refractivity contribution in [2.75, 3.05) is 25.0 Å². The van der Waals surface area contributed by atoms with Gasteiger partial charge in [-0.05, 0) is 24.1 Å². The van der Waals surface area contributed by atoms with E-state index < -0.39 is 0 Å². The first-order valence-electron chi connectivity index (χ1n) is 6.48. The number of fused-ring (bicyclic) bond motifs is 1. The third-order valence-electron chi connectivity index (χ3n) is 3.13. The maximum absolute atomic E-state index is 12.3. The van der Waals surface area contributed by atoms with E-state index in [9.17, 15) is 9.59 Å². The summed E-state index contributed by atoms with van der Waals surface area (Å²) in [5.41, 5.74) is 2.19. The molecule has 2 N–H and O–H groups in total. The van der Waals surface area contributed by atoms with E-state index in [2.05, 4.69) is 5.32 Å². The van der Waals surface area contributed by atoms with Crippen LogP contribution in [0.4, 0.5) is 5.69 Å². The summed E-state index contributed by atoms with van der Waals surface area (Å²) in [5, 5.41) is 11.7. The Morgan fingerprint density at radius 1 is 1.42 bits per heavy atom. The van der Waals surface area contributed by atoms with Crippen LogP contribution in [0.5, 0.6) is 0 Å². The smallest absolute Gasteiger partial charge is 0.254 e. The molecule has 2 rings (SSSR count). The fourth-order valence-electron chi connectivity index (χ4n) is 2.24. The number of carbonyl (C=O) groups is 2. The molecule has 0 aromatic heterocycles. The Labute approximate surface area is 112 Å². The van der Waals surface area contributed by atoms with Crippen molar-refractivity contribution in [2.24, 2.45) is 0 Å². The van der Waals surface area contributed by atoms with E-state index in [0.29, 0.717) is 25.1 Å². The molecule has 0 spiro atoms. The monoisotopic (exact) mass is 262 g/mol. The lowest BCUT2D eigenvalue weighted by Crippen LogP contribution is -2.34. The SMILES string of the molecule is CCCN(CCO)C(=O)c1ccc2c(c1)NC(=O)C2. The topological polar surface area (TPSA) is 69.6 Å². The van der Waals surface area contributed by atoms with Crippen LogP contribution >= 0.6 is 0 Å². The summed E-state index contributed by atoms with van der Waals surface area (Å²) < 4.78 is 0. The molecule has 0 aliphatic carbocycles.